The fourth-order valence-corrected chi connectivity index (χ4v) is 4.65. The van der Waals surface area contributed by atoms with Gasteiger partial charge < -0.3 is 15.5 Å². The minimum Gasteiger partial charge on any atom is -0.497 e. The average Bonchev–Trinajstić information content (AvgIpc) is 3.62. The Balaban J connectivity index is 1.42. The smallest absolute Gasteiger partial charge is 0.118 e. The van der Waals surface area contributed by atoms with Crippen molar-refractivity contribution >= 4 is 17.3 Å². The highest BCUT2D eigenvalue weighted by Crippen LogP contribution is 2.36. The molecule has 1 fully saturated rings. The van der Waals surface area contributed by atoms with Crippen LogP contribution in [-0.4, -0.2) is 37.7 Å². The maximum atomic E-state index is 7.98. The quantitative estimate of drug-likeness (QED) is 0.374. The highest BCUT2D eigenvalue weighted by Gasteiger charge is 2.26. The van der Waals surface area contributed by atoms with Gasteiger partial charge in [-0.25, -0.2) is 9.50 Å². The summed E-state index contributed by atoms with van der Waals surface area (Å²) in [5.41, 5.74) is 5.15. The van der Waals surface area contributed by atoms with Gasteiger partial charge in [-0.15, -0.1) is 0 Å². The zero-order chi connectivity index (χ0) is 23.5. The van der Waals surface area contributed by atoms with Crippen molar-refractivity contribution in [1.82, 2.24) is 29.7 Å². The Hall–Kier alpha value is -3.94. The van der Waals surface area contributed by atoms with Crippen molar-refractivity contribution in [2.75, 3.05) is 7.11 Å². The summed E-state index contributed by atoms with van der Waals surface area (Å²) in [7, 11) is 1.66. The van der Waals surface area contributed by atoms with E-state index >= 15 is 0 Å². The monoisotopic (exact) mass is 455 g/mol. The molecule has 174 valence electrons. The van der Waals surface area contributed by atoms with Crippen molar-refractivity contribution in [2.24, 2.45) is 5.92 Å². The molecule has 2 N–H and O–H groups in total. The number of fused-ring (bicyclic) bond motifs is 1. The molecule has 8 heteroatoms. The van der Waals surface area contributed by atoms with Crippen LogP contribution in [0.4, 0.5) is 0 Å². The second-order valence-electron chi connectivity index (χ2n) is 8.79. The molecular weight excluding hydrogens is 426 g/mol. The van der Waals surface area contributed by atoms with Crippen LogP contribution in [0.2, 0.25) is 0 Å². The average molecular weight is 456 g/mol. The van der Waals surface area contributed by atoms with Crippen LogP contribution in [-0.2, 0) is 6.54 Å². The fourth-order valence-electron chi connectivity index (χ4n) is 4.65. The molecule has 4 aromatic rings. The first-order chi connectivity index (χ1) is 16.7. The molecule has 0 radical (unpaired) electrons. The van der Waals surface area contributed by atoms with E-state index in [1.54, 1.807) is 13.3 Å². The second kappa shape index (κ2) is 9.51. The summed E-state index contributed by atoms with van der Waals surface area (Å²) in [5, 5.41) is 20.4. The third-order valence-electron chi connectivity index (χ3n) is 6.59. The molecule has 0 saturated heterocycles. The van der Waals surface area contributed by atoms with Crippen LogP contribution in [0.5, 0.6) is 5.75 Å². The van der Waals surface area contributed by atoms with Crippen LogP contribution < -0.4 is 10.1 Å². The number of allylic oxidation sites excluding steroid dienone is 1. The molecule has 1 aliphatic carbocycles. The normalized spacial score (nSPS) is 18.4. The molecule has 3 heterocycles. The molecule has 0 unspecified atom stereocenters. The number of rotatable bonds is 8. The van der Waals surface area contributed by atoms with Gasteiger partial charge in [0.05, 0.1) is 48.6 Å². The zero-order valence-electron chi connectivity index (χ0n) is 19.5. The molecule has 0 aliphatic heterocycles. The van der Waals surface area contributed by atoms with Gasteiger partial charge in [0.15, 0.2) is 0 Å². The van der Waals surface area contributed by atoms with Gasteiger partial charge in [-0.1, -0.05) is 25.5 Å². The van der Waals surface area contributed by atoms with E-state index in [1.807, 2.05) is 53.4 Å². The number of ether oxygens (including phenoxy) is 1. The minimum atomic E-state index is 0.442. The topological polar surface area (TPSA) is 93.1 Å². The number of hydrogen-bond acceptors (Lipinski definition) is 6. The molecule has 0 bridgehead atoms. The third kappa shape index (κ3) is 4.31. The highest BCUT2D eigenvalue weighted by atomic mass is 16.5. The predicted octanol–water partition coefficient (Wildman–Crippen LogP) is 4.74. The number of nitrogens with zero attached hydrogens (tertiary/aromatic N) is 5. The Morgan fingerprint density at radius 2 is 2.03 bits per heavy atom. The summed E-state index contributed by atoms with van der Waals surface area (Å²) in [4.78, 5) is 4.93. The number of nitrogens with one attached hydrogen (secondary N) is 2. The summed E-state index contributed by atoms with van der Waals surface area (Å²) in [6.45, 7) is 2.93. The molecule has 1 saturated carbocycles. The molecular formula is C26H29N7O. The second-order valence-corrected chi connectivity index (χ2v) is 8.79. The van der Waals surface area contributed by atoms with Crippen LogP contribution in [0.3, 0.4) is 0 Å². The van der Waals surface area contributed by atoms with Crippen LogP contribution in [0.25, 0.3) is 22.3 Å². The third-order valence-corrected chi connectivity index (χ3v) is 6.59. The summed E-state index contributed by atoms with van der Waals surface area (Å²) in [6.07, 6.45) is 14.4. The zero-order valence-corrected chi connectivity index (χ0v) is 19.5. The summed E-state index contributed by atoms with van der Waals surface area (Å²) >= 11 is 0. The van der Waals surface area contributed by atoms with E-state index in [0.717, 1.165) is 28.1 Å². The lowest BCUT2D eigenvalue weighted by molar-refractivity contribution is 0.375. The highest BCUT2D eigenvalue weighted by molar-refractivity contribution is 6.07. The Labute approximate surface area is 198 Å². The van der Waals surface area contributed by atoms with Crippen molar-refractivity contribution in [2.45, 2.75) is 38.8 Å². The number of aromatic nitrogens is 5. The lowest BCUT2D eigenvalue weighted by Crippen LogP contribution is -2.11. The number of hydrogen-bond donors (Lipinski definition) is 2. The van der Waals surface area contributed by atoms with E-state index < -0.39 is 0 Å². The van der Waals surface area contributed by atoms with Crippen molar-refractivity contribution < 1.29 is 4.74 Å². The Kier molecular flexibility index (Phi) is 6.12. The first-order valence-corrected chi connectivity index (χ1v) is 11.6. The molecule has 2 atom stereocenters. The van der Waals surface area contributed by atoms with Crippen LogP contribution in [0.15, 0.2) is 61.3 Å². The van der Waals surface area contributed by atoms with Gasteiger partial charge in [-0.2, -0.15) is 10.2 Å². The Morgan fingerprint density at radius 1 is 1.18 bits per heavy atom. The lowest BCUT2D eigenvalue weighted by atomic mass is 10.1. The molecule has 5 rings (SSSR count). The largest absolute Gasteiger partial charge is 0.497 e. The van der Waals surface area contributed by atoms with Gasteiger partial charge in [-0.05, 0) is 42.5 Å². The Bertz CT molecular complexity index is 1320. The van der Waals surface area contributed by atoms with Gasteiger partial charge in [0.1, 0.15) is 5.75 Å². The first kappa shape index (κ1) is 21.9. The van der Waals surface area contributed by atoms with Gasteiger partial charge in [0, 0.05) is 36.3 Å². The maximum Gasteiger partial charge on any atom is 0.118 e. The van der Waals surface area contributed by atoms with E-state index in [4.69, 9.17) is 15.1 Å². The fraction of sp³-hybridized carbons (Fsp3) is 0.308. The molecule has 0 spiro atoms. The van der Waals surface area contributed by atoms with Gasteiger partial charge in [0.25, 0.3) is 0 Å². The maximum absolute atomic E-state index is 7.98. The van der Waals surface area contributed by atoms with Gasteiger partial charge in [-0.3, -0.25) is 4.68 Å². The van der Waals surface area contributed by atoms with Crippen LogP contribution in [0.1, 0.15) is 43.5 Å². The molecule has 3 aromatic heterocycles. The van der Waals surface area contributed by atoms with Crippen molar-refractivity contribution in [1.29, 1.82) is 5.41 Å². The number of benzene rings is 1. The lowest BCUT2D eigenvalue weighted by Gasteiger charge is -2.15. The van der Waals surface area contributed by atoms with E-state index in [9.17, 15) is 0 Å². The van der Waals surface area contributed by atoms with Crippen molar-refractivity contribution in [3.63, 3.8) is 0 Å². The van der Waals surface area contributed by atoms with Gasteiger partial charge in [0.2, 0.25) is 0 Å². The summed E-state index contributed by atoms with van der Waals surface area (Å²) in [5.74, 6) is 1.46. The molecule has 1 aliphatic rings. The van der Waals surface area contributed by atoms with E-state index in [0.29, 0.717) is 29.8 Å². The first-order valence-electron chi connectivity index (χ1n) is 11.6. The molecule has 34 heavy (non-hydrogen) atoms. The number of methoxy groups -OCH3 is 1. The van der Waals surface area contributed by atoms with Crippen LogP contribution >= 0.6 is 0 Å². The molecule has 0 amide bonds. The van der Waals surface area contributed by atoms with E-state index in [-0.39, 0.29) is 0 Å². The van der Waals surface area contributed by atoms with E-state index in [2.05, 4.69) is 33.3 Å². The summed E-state index contributed by atoms with van der Waals surface area (Å²) < 4.78 is 9.12. The predicted molar refractivity (Wildman–Crippen MR) is 133 cm³/mol. The SMILES string of the molecule is COc1ccc(CN/C=C(\C=N)c2cn3nccc3c(-c3cnn([C@@H]4CCC[C@@H]4C)c3)n2)cc1. The standard InChI is InChI=1S/C26H29N7O/c1-18-4-3-5-24(18)32-16-21(15-30-32)26-25-10-11-29-33(25)17-23(31-26)20(12-27)14-28-13-19-6-8-22(34-2)9-7-19/h6-12,14-18,24,27-28H,3-5,13H2,1-2H3/b20-14+,27-12?/t18-,24+/m0/s1. The van der Waals surface area contributed by atoms with Crippen molar-refractivity contribution in [3.05, 3.63) is 72.6 Å². The Morgan fingerprint density at radius 3 is 2.76 bits per heavy atom. The minimum absolute atomic E-state index is 0.442. The van der Waals surface area contributed by atoms with Crippen molar-refractivity contribution in [3.8, 4) is 17.0 Å². The van der Waals surface area contributed by atoms with Gasteiger partial charge >= 0.3 is 0 Å². The van der Waals surface area contributed by atoms with E-state index in [1.165, 1.54) is 25.5 Å². The molecule has 8 nitrogen and oxygen atoms in total. The molecule has 1 aromatic carbocycles. The van der Waals surface area contributed by atoms with Crippen LogP contribution in [0, 0.1) is 11.3 Å². The summed E-state index contributed by atoms with van der Waals surface area (Å²) in [6, 6.07) is 10.3.